The molecule has 0 aliphatic rings. The first-order chi connectivity index (χ1) is 13.0. The Morgan fingerprint density at radius 2 is 1.81 bits per heavy atom. The van der Waals surface area contributed by atoms with Crippen molar-refractivity contribution in [1.82, 2.24) is 29.5 Å². The lowest BCUT2D eigenvalue weighted by atomic mass is 10.2. The summed E-state index contributed by atoms with van der Waals surface area (Å²) in [6.45, 7) is 4.84. The van der Waals surface area contributed by atoms with Gasteiger partial charge in [0.1, 0.15) is 16.7 Å². The van der Waals surface area contributed by atoms with Crippen LogP contribution in [0.5, 0.6) is 0 Å². The molecule has 0 bridgehead atoms. The van der Waals surface area contributed by atoms with Crippen molar-refractivity contribution in [2.75, 3.05) is 11.9 Å². The van der Waals surface area contributed by atoms with Gasteiger partial charge in [-0.3, -0.25) is 0 Å². The minimum Gasteiger partial charge on any atom is -0.354 e. The predicted molar refractivity (Wildman–Crippen MR) is 109 cm³/mol. The van der Waals surface area contributed by atoms with E-state index in [0.29, 0.717) is 6.54 Å². The molecule has 0 saturated heterocycles. The van der Waals surface area contributed by atoms with Gasteiger partial charge in [0.15, 0.2) is 5.65 Å². The molecule has 3 aromatic heterocycles. The maximum atomic E-state index is 4.74. The van der Waals surface area contributed by atoms with Gasteiger partial charge in [-0.15, -0.1) is 0 Å². The van der Waals surface area contributed by atoms with Gasteiger partial charge < -0.3 is 4.90 Å². The predicted octanol–water partition coefficient (Wildman–Crippen LogP) is 3.56. The highest BCUT2D eigenvalue weighted by Gasteiger charge is 2.19. The second kappa shape index (κ2) is 6.77. The zero-order valence-electron chi connectivity index (χ0n) is 15.7. The number of fused-ring (bicyclic) bond motifs is 1. The third kappa shape index (κ3) is 2.99. The molecular formula is C19H20BrN7. The third-order valence-corrected chi connectivity index (χ3v) is 5.31. The number of aromatic nitrogens is 6. The van der Waals surface area contributed by atoms with Crippen LogP contribution in [0.3, 0.4) is 0 Å². The van der Waals surface area contributed by atoms with Crippen molar-refractivity contribution in [1.29, 1.82) is 0 Å². The van der Waals surface area contributed by atoms with E-state index in [2.05, 4.69) is 55.0 Å². The summed E-state index contributed by atoms with van der Waals surface area (Å²) in [5, 5.41) is 10.1. The van der Waals surface area contributed by atoms with Crippen molar-refractivity contribution in [2.24, 2.45) is 7.05 Å². The van der Waals surface area contributed by atoms with Gasteiger partial charge in [-0.05, 0) is 41.9 Å². The number of aryl methyl sites for hydroxylation is 2. The smallest absolute Gasteiger partial charge is 0.164 e. The normalized spacial score (nSPS) is 11.3. The van der Waals surface area contributed by atoms with E-state index in [1.54, 1.807) is 11.0 Å². The van der Waals surface area contributed by atoms with Crippen molar-refractivity contribution in [3.8, 4) is 5.69 Å². The van der Waals surface area contributed by atoms with Crippen LogP contribution in [0.25, 0.3) is 16.7 Å². The lowest BCUT2D eigenvalue weighted by Gasteiger charge is -2.19. The fourth-order valence-corrected chi connectivity index (χ4v) is 3.94. The Kier molecular flexibility index (Phi) is 4.43. The molecule has 1 aromatic carbocycles. The molecule has 0 amide bonds. The first kappa shape index (κ1) is 17.7. The van der Waals surface area contributed by atoms with Gasteiger partial charge in [-0.1, -0.05) is 18.2 Å². The SMILES string of the molecule is Cc1nn(-c2ccccc2)c(C)c1CN(C)c1ncnc2c1c(Br)nn2C. The lowest BCUT2D eigenvalue weighted by molar-refractivity contribution is 0.777. The Hall–Kier alpha value is -2.74. The number of hydrogen-bond acceptors (Lipinski definition) is 5. The van der Waals surface area contributed by atoms with E-state index < -0.39 is 0 Å². The van der Waals surface area contributed by atoms with Crippen molar-refractivity contribution < 1.29 is 0 Å². The van der Waals surface area contributed by atoms with Crippen LogP contribution in [-0.4, -0.2) is 36.6 Å². The third-order valence-electron chi connectivity index (χ3n) is 4.76. The average molecular weight is 426 g/mol. The summed E-state index contributed by atoms with van der Waals surface area (Å²) in [7, 11) is 3.90. The van der Waals surface area contributed by atoms with Crippen LogP contribution in [-0.2, 0) is 13.6 Å². The molecule has 0 aliphatic carbocycles. The molecule has 0 spiro atoms. The standard InChI is InChI=1S/C19H20BrN7/c1-12-15(13(2)27(23-12)14-8-6-5-7-9-14)10-25(3)18-16-17(20)24-26(4)19(16)22-11-21-18/h5-9,11H,10H2,1-4H3. The number of halogens is 1. The fourth-order valence-electron chi connectivity index (χ4n) is 3.35. The lowest BCUT2D eigenvalue weighted by Crippen LogP contribution is -2.19. The van der Waals surface area contributed by atoms with Gasteiger partial charge in [-0.25, -0.2) is 19.3 Å². The molecule has 138 valence electrons. The van der Waals surface area contributed by atoms with Crippen LogP contribution in [0.1, 0.15) is 17.0 Å². The zero-order valence-corrected chi connectivity index (χ0v) is 17.3. The maximum Gasteiger partial charge on any atom is 0.164 e. The van der Waals surface area contributed by atoms with E-state index in [4.69, 9.17) is 5.10 Å². The fraction of sp³-hybridized carbons (Fsp3) is 0.263. The minimum absolute atomic E-state index is 0.692. The van der Waals surface area contributed by atoms with Crippen LogP contribution in [0.2, 0.25) is 0 Å². The highest BCUT2D eigenvalue weighted by molar-refractivity contribution is 9.10. The van der Waals surface area contributed by atoms with Gasteiger partial charge in [0.05, 0.1) is 16.8 Å². The van der Waals surface area contributed by atoms with Gasteiger partial charge in [0.25, 0.3) is 0 Å². The number of hydrogen-bond donors (Lipinski definition) is 0. The quantitative estimate of drug-likeness (QED) is 0.499. The molecule has 7 nitrogen and oxygen atoms in total. The molecule has 0 saturated carbocycles. The second-order valence-corrected chi connectivity index (χ2v) is 7.31. The highest BCUT2D eigenvalue weighted by Crippen LogP contribution is 2.30. The molecule has 0 radical (unpaired) electrons. The van der Waals surface area contributed by atoms with E-state index in [1.807, 2.05) is 43.9 Å². The topological polar surface area (TPSA) is 64.7 Å². The number of rotatable bonds is 4. The van der Waals surface area contributed by atoms with Crippen LogP contribution >= 0.6 is 15.9 Å². The summed E-state index contributed by atoms with van der Waals surface area (Å²) in [6.07, 6.45) is 1.58. The Morgan fingerprint density at radius 1 is 1.07 bits per heavy atom. The molecule has 4 aromatic rings. The molecule has 0 N–H and O–H groups in total. The van der Waals surface area contributed by atoms with Crippen LogP contribution in [0, 0.1) is 13.8 Å². The molecule has 3 heterocycles. The summed E-state index contributed by atoms with van der Waals surface area (Å²) < 4.78 is 4.49. The molecule has 27 heavy (non-hydrogen) atoms. The molecule has 4 rings (SSSR count). The van der Waals surface area contributed by atoms with Crippen LogP contribution in [0.15, 0.2) is 41.3 Å². The highest BCUT2D eigenvalue weighted by atomic mass is 79.9. The Labute approximate surface area is 165 Å². The number of para-hydroxylation sites is 1. The average Bonchev–Trinajstić information content (AvgIpc) is 3.12. The van der Waals surface area contributed by atoms with E-state index >= 15 is 0 Å². The van der Waals surface area contributed by atoms with Gasteiger partial charge in [-0.2, -0.15) is 10.2 Å². The Bertz CT molecular complexity index is 1110. The first-order valence-electron chi connectivity index (χ1n) is 8.62. The van der Waals surface area contributed by atoms with Crippen molar-refractivity contribution in [3.63, 3.8) is 0 Å². The maximum absolute atomic E-state index is 4.74. The monoisotopic (exact) mass is 425 g/mol. The van der Waals surface area contributed by atoms with Crippen LogP contribution in [0.4, 0.5) is 5.82 Å². The van der Waals surface area contributed by atoms with E-state index in [-0.39, 0.29) is 0 Å². The van der Waals surface area contributed by atoms with E-state index in [9.17, 15) is 0 Å². The summed E-state index contributed by atoms with van der Waals surface area (Å²) in [5.74, 6) is 0.839. The molecule has 0 aliphatic heterocycles. The number of benzene rings is 1. The molecule has 0 atom stereocenters. The zero-order chi connectivity index (χ0) is 19.1. The van der Waals surface area contributed by atoms with Gasteiger partial charge >= 0.3 is 0 Å². The largest absolute Gasteiger partial charge is 0.354 e. The van der Waals surface area contributed by atoms with Crippen molar-refractivity contribution >= 4 is 32.8 Å². The summed E-state index contributed by atoms with van der Waals surface area (Å²) in [6, 6.07) is 10.2. The van der Waals surface area contributed by atoms with Gasteiger partial charge in [0, 0.05) is 31.9 Å². The molecular weight excluding hydrogens is 406 g/mol. The molecule has 0 fully saturated rings. The second-order valence-electron chi connectivity index (χ2n) is 6.56. The summed E-state index contributed by atoms with van der Waals surface area (Å²) >= 11 is 3.53. The summed E-state index contributed by atoms with van der Waals surface area (Å²) in [4.78, 5) is 11.0. The number of nitrogens with zero attached hydrogens (tertiary/aromatic N) is 7. The Morgan fingerprint density at radius 3 is 2.56 bits per heavy atom. The van der Waals surface area contributed by atoms with Crippen LogP contribution < -0.4 is 4.90 Å². The Balaban J connectivity index is 1.73. The van der Waals surface area contributed by atoms with E-state index in [1.165, 1.54) is 5.56 Å². The van der Waals surface area contributed by atoms with Crippen molar-refractivity contribution in [2.45, 2.75) is 20.4 Å². The summed E-state index contributed by atoms with van der Waals surface area (Å²) in [5.41, 5.74) is 5.19. The molecule has 0 unspecified atom stereocenters. The van der Waals surface area contributed by atoms with E-state index in [0.717, 1.165) is 38.5 Å². The molecule has 8 heteroatoms. The first-order valence-corrected chi connectivity index (χ1v) is 9.41. The van der Waals surface area contributed by atoms with Gasteiger partial charge in [0.2, 0.25) is 0 Å². The van der Waals surface area contributed by atoms with Crippen molar-refractivity contribution in [3.05, 3.63) is 58.2 Å². The minimum atomic E-state index is 0.692. The number of anilines is 1.